The summed E-state index contributed by atoms with van der Waals surface area (Å²) in [6, 6.07) is 12.4. The highest BCUT2D eigenvalue weighted by atomic mass is 16.6. The van der Waals surface area contributed by atoms with Crippen molar-refractivity contribution in [1.29, 1.82) is 0 Å². The molecule has 2 atom stereocenters. The number of nitrogens with one attached hydrogen (secondary N) is 2. The molecule has 0 radical (unpaired) electrons. The van der Waals surface area contributed by atoms with E-state index in [1.165, 1.54) is 5.56 Å². The molecular weight excluding hydrogens is 492 g/mol. The van der Waals surface area contributed by atoms with Gasteiger partial charge in [0.2, 0.25) is 0 Å². The number of carbonyl (C=O) groups is 1. The molecule has 5 rings (SSSR count). The molecule has 206 valence electrons. The normalized spacial score (nSPS) is 20.3. The number of benzene rings is 1. The van der Waals surface area contributed by atoms with Gasteiger partial charge in [-0.15, -0.1) is 0 Å². The molecule has 1 aromatic carbocycles. The van der Waals surface area contributed by atoms with Crippen LogP contribution in [0.25, 0.3) is 10.8 Å². The van der Waals surface area contributed by atoms with Gasteiger partial charge in [-0.05, 0) is 88.6 Å². The average Bonchev–Trinajstić information content (AvgIpc) is 3.14. The molecule has 0 bridgehead atoms. The van der Waals surface area contributed by atoms with E-state index in [0.29, 0.717) is 30.2 Å². The van der Waals surface area contributed by atoms with E-state index in [1.807, 2.05) is 64.0 Å². The van der Waals surface area contributed by atoms with E-state index in [2.05, 4.69) is 34.5 Å². The van der Waals surface area contributed by atoms with Crippen LogP contribution in [0.1, 0.15) is 70.6 Å². The zero-order chi connectivity index (χ0) is 27.9. The monoisotopic (exact) mass is 530 g/mol. The Morgan fingerprint density at radius 1 is 1.13 bits per heavy atom. The van der Waals surface area contributed by atoms with E-state index in [9.17, 15) is 9.59 Å². The van der Waals surface area contributed by atoms with Crippen LogP contribution in [0.4, 0.5) is 16.3 Å². The molecule has 2 unspecified atom stereocenters. The number of nitrogens with zero attached hydrogens (tertiary/aromatic N) is 4. The summed E-state index contributed by atoms with van der Waals surface area (Å²) in [5.41, 5.74) is 3.34. The quantitative estimate of drug-likeness (QED) is 0.457. The summed E-state index contributed by atoms with van der Waals surface area (Å²) < 4.78 is 5.53. The first kappa shape index (κ1) is 26.7. The molecular formula is C30H38N6O3. The van der Waals surface area contributed by atoms with E-state index in [1.54, 1.807) is 11.1 Å². The number of aromatic amines is 1. The van der Waals surface area contributed by atoms with Gasteiger partial charge >= 0.3 is 6.09 Å². The Morgan fingerprint density at radius 2 is 1.82 bits per heavy atom. The zero-order valence-corrected chi connectivity index (χ0v) is 23.6. The van der Waals surface area contributed by atoms with Gasteiger partial charge in [-0.1, -0.05) is 12.1 Å². The fraction of sp³-hybridized carbons (Fsp3) is 0.467. The minimum Gasteiger partial charge on any atom is -0.444 e. The summed E-state index contributed by atoms with van der Waals surface area (Å²) in [6.07, 6.45) is 3.22. The summed E-state index contributed by atoms with van der Waals surface area (Å²) in [5.74, 6) is 0.969. The van der Waals surface area contributed by atoms with Crippen LogP contribution in [0.15, 0.2) is 52.5 Å². The number of fused-ring (bicyclic) bond motifs is 1. The van der Waals surface area contributed by atoms with Crippen LogP contribution in [0.5, 0.6) is 0 Å². The third-order valence-corrected chi connectivity index (χ3v) is 7.72. The first-order valence-corrected chi connectivity index (χ1v) is 13.7. The number of carbonyl (C=O) groups excluding carboxylic acids is 1. The van der Waals surface area contributed by atoms with Gasteiger partial charge in [0, 0.05) is 37.7 Å². The number of likely N-dealkylation sites (N-methyl/N-ethyl adjacent to an activating group) is 1. The maximum atomic E-state index is 12.8. The second-order valence-electron chi connectivity index (χ2n) is 11.7. The largest absolute Gasteiger partial charge is 0.444 e. The first-order valence-electron chi connectivity index (χ1n) is 13.7. The molecule has 2 aliphatic heterocycles. The van der Waals surface area contributed by atoms with Gasteiger partial charge in [0.05, 0.1) is 23.0 Å². The summed E-state index contributed by atoms with van der Waals surface area (Å²) in [7, 11) is 1.97. The second kappa shape index (κ2) is 10.4. The van der Waals surface area contributed by atoms with Crippen LogP contribution in [-0.2, 0) is 4.74 Å². The SMILES string of the molecule is CC1=NN(C)C(C)C1c1cc2cc[nH]c(=O)c2c(Nc2ccc(C3CCN(C(=O)OC(C)(C)C)CC3)cc2)n1. The van der Waals surface area contributed by atoms with Crippen LogP contribution in [0.3, 0.4) is 0 Å². The van der Waals surface area contributed by atoms with Crippen molar-refractivity contribution in [2.75, 3.05) is 25.5 Å². The van der Waals surface area contributed by atoms with Gasteiger partial charge in [0.25, 0.3) is 5.56 Å². The highest BCUT2D eigenvalue weighted by Gasteiger charge is 2.33. The van der Waals surface area contributed by atoms with Crippen molar-refractivity contribution < 1.29 is 9.53 Å². The van der Waals surface area contributed by atoms with Crippen molar-refractivity contribution in [1.82, 2.24) is 19.9 Å². The van der Waals surface area contributed by atoms with E-state index < -0.39 is 5.60 Å². The third-order valence-electron chi connectivity index (χ3n) is 7.72. The Morgan fingerprint density at radius 3 is 2.44 bits per heavy atom. The van der Waals surface area contributed by atoms with Gasteiger partial charge < -0.3 is 19.9 Å². The molecule has 0 saturated carbocycles. The van der Waals surface area contributed by atoms with E-state index in [4.69, 9.17) is 9.72 Å². The topological polar surface area (TPSA) is 103 Å². The van der Waals surface area contributed by atoms with Gasteiger partial charge in [0.15, 0.2) is 0 Å². The number of hydrazone groups is 1. The number of anilines is 2. The lowest BCUT2D eigenvalue weighted by atomic mass is 9.89. The Bertz CT molecular complexity index is 1450. The van der Waals surface area contributed by atoms with E-state index >= 15 is 0 Å². The first-order chi connectivity index (χ1) is 18.5. The lowest BCUT2D eigenvalue weighted by Crippen LogP contribution is -2.41. The van der Waals surface area contributed by atoms with Gasteiger partial charge in [-0.3, -0.25) is 9.80 Å². The minimum atomic E-state index is -0.487. The number of hydrogen-bond acceptors (Lipinski definition) is 7. The molecule has 1 saturated heterocycles. The Kier molecular flexibility index (Phi) is 7.09. The second-order valence-corrected chi connectivity index (χ2v) is 11.7. The standard InChI is InChI=1S/C30H38N6O3/c1-18-25(19(2)35(6)34-18)24-17-22-11-14-31-28(37)26(22)27(33-24)32-23-9-7-20(8-10-23)21-12-15-36(16-13-21)29(38)39-30(3,4)5/h7-11,14,17,19,21,25H,12-13,15-16H2,1-6H3,(H,31,37)(H,32,33). The molecule has 0 spiro atoms. The molecule has 9 nitrogen and oxygen atoms in total. The molecule has 1 amide bonds. The zero-order valence-electron chi connectivity index (χ0n) is 23.6. The van der Waals surface area contributed by atoms with Crippen molar-refractivity contribution in [2.24, 2.45) is 5.10 Å². The van der Waals surface area contributed by atoms with Gasteiger partial charge in [-0.25, -0.2) is 9.78 Å². The lowest BCUT2D eigenvalue weighted by Gasteiger charge is -2.33. The highest BCUT2D eigenvalue weighted by Crippen LogP contribution is 2.34. The molecule has 39 heavy (non-hydrogen) atoms. The molecule has 4 heterocycles. The summed E-state index contributed by atoms with van der Waals surface area (Å²) in [4.78, 5) is 34.8. The van der Waals surface area contributed by atoms with Crippen molar-refractivity contribution in [3.63, 3.8) is 0 Å². The predicted molar refractivity (Wildman–Crippen MR) is 155 cm³/mol. The molecule has 2 aromatic heterocycles. The number of piperidine rings is 1. The highest BCUT2D eigenvalue weighted by molar-refractivity contribution is 5.95. The Labute approximate surface area is 229 Å². The van der Waals surface area contributed by atoms with Crippen LogP contribution in [0, 0.1) is 0 Å². The molecule has 9 heteroatoms. The van der Waals surface area contributed by atoms with Crippen molar-refractivity contribution in [3.05, 3.63) is 64.2 Å². The molecule has 2 aliphatic rings. The van der Waals surface area contributed by atoms with Gasteiger partial charge in [-0.2, -0.15) is 5.10 Å². The number of rotatable bonds is 4. The molecule has 1 fully saturated rings. The molecule has 0 aliphatic carbocycles. The van der Waals surface area contributed by atoms with Crippen LogP contribution < -0.4 is 10.9 Å². The number of pyridine rings is 2. The van der Waals surface area contributed by atoms with Gasteiger partial charge in [0.1, 0.15) is 11.4 Å². The van der Waals surface area contributed by atoms with E-state index in [0.717, 1.165) is 35.3 Å². The summed E-state index contributed by atoms with van der Waals surface area (Å²) >= 11 is 0. The van der Waals surface area contributed by atoms with Crippen LogP contribution >= 0.6 is 0 Å². The number of aromatic nitrogens is 2. The fourth-order valence-electron chi connectivity index (χ4n) is 5.61. The van der Waals surface area contributed by atoms with Crippen molar-refractivity contribution >= 4 is 34.1 Å². The number of ether oxygens (including phenoxy) is 1. The van der Waals surface area contributed by atoms with E-state index in [-0.39, 0.29) is 23.6 Å². The molecule has 3 aromatic rings. The maximum Gasteiger partial charge on any atom is 0.410 e. The average molecular weight is 531 g/mol. The number of hydrogen-bond donors (Lipinski definition) is 2. The fourth-order valence-corrected chi connectivity index (χ4v) is 5.61. The number of likely N-dealkylation sites (tertiary alicyclic amines) is 1. The lowest BCUT2D eigenvalue weighted by molar-refractivity contribution is 0.0205. The molecule has 2 N–H and O–H groups in total. The van der Waals surface area contributed by atoms with Crippen molar-refractivity contribution in [2.45, 2.75) is 70.9 Å². The maximum absolute atomic E-state index is 12.8. The smallest absolute Gasteiger partial charge is 0.410 e. The Balaban J connectivity index is 1.34. The third kappa shape index (κ3) is 5.62. The van der Waals surface area contributed by atoms with Crippen LogP contribution in [0.2, 0.25) is 0 Å². The summed E-state index contributed by atoms with van der Waals surface area (Å²) in [6.45, 7) is 11.2. The summed E-state index contributed by atoms with van der Waals surface area (Å²) in [5, 5.41) is 11.4. The Hall–Kier alpha value is -3.88. The number of amides is 1. The number of H-pyrrole nitrogens is 1. The van der Waals surface area contributed by atoms with Crippen LogP contribution in [-0.4, -0.2) is 63.5 Å². The predicted octanol–water partition coefficient (Wildman–Crippen LogP) is 5.57. The minimum absolute atomic E-state index is 0.0492. The van der Waals surface area contributed by atoms with Crippen molar-refractivity contribution in [3.8, 4) is 0 Å².